The van der Waals surface area contributed by atoms with Crippen molar-refractivity contribution in [3.63, 3.8) is 0 Å². The molecule has 1 aliphatic rings. The molecule has 12 heteroatoms. The van der Waals surface area contributed by atoms with Crippen LogP contribution >= 0.6 is 0 Å². The molecule has 178 valence electrons. The first-order chi connectivity index (χ1) is 15.8. The van der Waals surface area contributed by atoms with Gasteiger partial charge in [0, 0.05) is 37.1 Å². The molecule has 3 N–H and O–H groups in total. The minimum Gasteiger partial charge on any atom is -0.497 e. The van der Waals surface area contributed by atoms with Crippen LogP contribution in [0.4, 0.5) is 0 Å². The van der Waals surface area contributed by atoms with Gasteiger partial charge in [-0.2, -0.15) is 0 Å². The molecule has 0 saturated carbocycles. The van der Waals surface area contributed by atoms with E-state index in [9.17, 15) is 18.0 Å². The number of hydrazine groups is 1. The monoisotopic (exact) mass is 479 g/mol. The predicted molar refractivity (Wildman–Crippen MR) is 117 cm³/mol. The van der Waals surface area contributed by atoms with Crippen LogP contribution < -0.4 is 34.5 Å². The second-order valence-corrected chi connectivity index (χ2v) is 8.68. The lowest BCUT2D eigenvalue weighted by Gasteiger charge is -2.12. The van der Waals surface area contributed by atoms with Crippen molar-refractivity contribution in [2.24, 2.45) is 0 Å². The normalized spacial score (nSPS) is 12.9. The molecule has 0 aromatic heterocycles. The molecule has 2 amide bonds. The number of amides is 2. The molecule has 0 spiro atoms. The SMILES string of the molecule is COc1cc(OC)cc(C(=O)NNC(=O)CCNS(=O)(=O)c2ccc3c(c2)OCCCO3)c1. The zero-order valence-corrected chi connectivity index (χ0v) is 19.0. The second kappa shape index (κ2) is 10.9. The Morgan fingerprint density at radius 1 is 0.939 bits per heavy atom. The van der Waals surface area contributed by atoms with Crippen molar-refractivity contribution < 1.29 is 37.0 Å². The average molecular weight is 480 g/mol. The Morgan fingerprint density at radius 2 is 1.61 bits per heavy atom. The Hall–Kier alpha value is -3.51. The number of hydrogen-bond acceptors (Lipinski definition) is 8. The van der Waals surface area contributed by atoms with E-state index in [1.807, 2.05) is 0 Å². The maximum Gasteiger partial charge on any atom is 0.269 e. The number of carbonyl (C=O) groups excluding carboxylic acids is 2. The molecular weight excluding hydrogens is 454 g/mol. The van der Waals surface area contributed by atoms with Crippen molar-refractivity contribution >= 4 is 21.8 Å². The van der Waals surface area contributed by atoms with E-state index >= 15 is 0 Å². The molecule has 0 bridgehead atoms. The summed E-state index contributed by atoms with van der Waals surface area (Å²) in [6.07, 6.45) is 0.498. The standard InChI is InChI=1S/C21H25N3O8S/c1-29-15-10-14(11-16(12-15)30-2)21(26)24-23-20(25)6-7-22-33(27,28)17-4-5-18-19(13-17)32-9-3-8-31-18/h4-5,10-13,22H,3,6-9H2,1-2H3,(H,23,25)(H,24,26). The van der Waals surface area contributed by atoms with Crippen LogP contribution in [0, 0.1) is 0 Å². The van der Waals surface area contributed by atoms with Gasteiger partial charge in [0.15, 0.2) is 11.5 Å². The van der Waals surface area contributed by atoms with Gasteiger partial charge in [-0.1, -0.05) is 0 Å². The zero-order valence-electron chi connectivity index (χ0n) is 18.2. The third-order valence-corrected chi connectivity index (χ3v) is 6.06. The quantitative estimate of drug-likeness (QED) is 0.476. The van der Waals surface area contributed by atoms with Crippen LogP contribution in [0.5, 0.6) is 23.0 Å². The molecule has 0 fully saturated rings. The molecule has 0 radical (unpaired) electrons. The Bertz CT molecular complexity index is 1100. The van der Waals surface area contributed by atoms with Gasteiger partial charge in [-0.25, -0.2) is 13.1 Å². The van der Waals surface area contributed by atoms with Crippen molar-refractivity contribution in [2.45, 2.75) is 17.7 Å². The zero-order chi connectivity index (χ0) is 23.8. The van der Waals surface area contributed by atoms with Crippen molar-refractivity contribution in [3.8, 4) is 23.0 Å². The van der Waals surface area contributed by atoms with Crippen LogP contribution in [0.15, 0.2) is 41.3 Å². The number of hydrogen-bond donors (Lipinski definition) is 3. The Kier molecular flexibility index (Phi) is 7.96. The molecular formula is C21H25N3O8S. The van der Waals surface area contributed by atoms with E-state index < -0.39 is 21.8 Å². The van der Waals surface area contributed by atoms with Crippen molar-refractivity contribution in [1.29, 1.82) is 0 Å². The van der Waals surface area contributed by atoms with Gasteiger partial charge in [0.25, 0.3) is 5.91 Å². The molecule has 2 aromatic carbocycles. The van der Waals surface area contributed by atoms with Crippen LogP contribution in [0.3, 0.4) is 0 Å². The summed E-state index contributed by atoms with van der Waals surface area (Å²) in [5.74, 6) is 0.484. The third kappa shape index (κ3) is 6.49. The number of nitrogens with one attached hydrogen (secondary N) is 3. The van der Waals surface area contributed by atoms with Gasteiger partial charge in [0.2, 0.25) is 15.9 Å². The molecule has 2 aromatic rings. The minimum atomic E-state index is -3.87. The summed E-state index contributed by atoms with van der Waals surface area (Å²) in [6.45, 7) is 0.748. The first kappa shape index (κ1) is 24.1. The van der Waals surface area contributed by atoms with Gasteiger partial charge in [-0.15, -0.1) is 0 Å². The van der Waals surface area contributed by atoms with E-state index in [0.29, 0.717) is 42.6 Å². The van der Waals surface area contributed by atoms with Crippen molar-refractivity contribution in [3.05, 3.63) is 42.0 Å². The second-order valence-electron chi connectivity index (χ2n) is 6.91. The molecule has 0 aliphatic carbocycles. The summed E-state index contributed by atoms with van der Waals surface area (Å²) in [7, 11) is -0.972. The topological polar surface area (TPSA) is 141 Å². The summed E-state index contributed by atoms with van der Waals surface area (Å²) < 4.78 is 48.6. The number of carbonyl (C=O) groups is 2. The van der Waals surface area contributed by atoms with Gasteiger partial charge in [-0.3, -0.25) is 20.4 Å². The van der Waals surface area contributed by atoms with E-state index in [4.69, 9.17) is 18.9 Å². The van der Waals surface area contributed by atoms with Gasteiger partial charge >= 0.3 is 0 Å². The van der Waals surface area contributed by atoms with Crippen LogP contribution in [-0.4, -0.2) is 54.2 Å². The summed E-state index contributed by atoms with van der Waals surface area (Å²) in [5.41, 5.74) is 4.71. The molecule has 0 unspecified atom stereocenters. The molecule has 0 saturated heterocycles. The first-order valence-corrected chi connectivity index (χ1v) is 11.5. The van der Waals surface area contributed by atoms with Gasteiger partial charge in [0.1, 0.15) is 11.5 Å². The Morgan fingerprint density at radius 3 is 2.27 bits per heavy atom. The van der Waals surface area contributed by atoms with E-state index in [1.165, 1.54) is 44.6 Å². The minimum absolute atomic E-state index is 0.00701. The van der Waals surface area contributed by atoms with E-state index in [2.05, 4.69) is 15.6 Å². The van der Waals surface area contributed by atoms with E-state index in [0.717, 1.165) is 0 Å². The fourth-order valence-electron chi connectivity index (χ4n) is 2.89. The lowest BCUT2D eigenvalue weighted by atomic mass is 10.2. The largest absolute Gasteiger partial charge is 0.497 e. The molecule has 1 heterocycles. The van der Waals surface area contributed by atoms with Crippen molar-refractivity contribution in [1.82, 2.24) is 15.6 Å². The number of benzene rings is 2. The maximum atomic E-state index is 12.5. The average Bonchev–Trinajstić information content (AvgIpc) is 3.07. The Balaban J connectivity index is 1.50. The van der Waals surface area contributed by atoms with Crippen molar-refractivity contribution in [2.75, 3.05) is 34.0 Å². The number of fused-ring (bicyclic) bond motifs is 1. The third-order valence-electron chi connectivity index (χ3n) is 4.60. The molecule has 1 aliphatic heterocycles. The number of methoxy groups -OCH3 is 2. The number of ether oxygens (including phenoxy) is 4. The predicted octanol–water partition coefficient (Wildman–Crippen LogP) is 0.995. The highest BCUT2D eigenvalue weighted by atomic mass is 32.2. The first-order valence-electron chi connectivity index (χ1n) is 10.0. The van der Waals surface area contributed by atoms with E-state index in [-0.39, 0.29) is 23.4 Å². The van der Waals surface area contributed by atoms with Crippen LogP contribution in [0.2, 0.25) is 0 Å². The van der Waals surface area contributed by atoms with Crippen LogP contribution in [0.25, 0.3) is 0 Å². The van der Waals surface area contributed by atoms with Crippen LogP contribution in [0.1, 0.15) is 23.2 Å². The fraction of sp³-hybridized carbons (Fsp3) is 0.333. The van der Waals surface area contributed by atoms with E-state index in [1.54, 1.807) is 6.07 Å². The smallest absolute Gasteiger partial charge is 0.269 e. The summed E-state index contributed by atoms with van der Waals surface area (Å²) >= 11 is 0. The van der Waals surface area contributed by atoms with Gasteiger partial charge in [0.05, 0.1) is 32.3 Å². The molecule has 33 heavy (non-hydrogen) atoms. The summed E-state index contributed by atoms with van der Waals surface area (Å²) in [5, 5.41) is 0. The Labute approximate surface area is 191 Å². The molecule has 0 atom stereocenters. The highest BCUT2D eigenvalue weighted by Gasteiger charge is 2.19. The maximum absolute atomic E-state index is 12.5. The lowest BCUT2D eigenvalue weighted by Crippen LogP contribution is -2.42. The fourth-order valence-corrected chi connectivity index (χ4v) is 3.94. The van der Waals surface area contributed by atoms with Crippen LogP contribution in [-0.2, 0) is 14.8 Å². The van der Waals surface area contributed by atoms with Gasteiger partial charge < -0.3 is 18.9 Å². The summed E-state index contributed by atoms with van der Waals surface area (Å²) in [4.78, 5) is 24.3. The number of rotatable bonds is 8. The summed E-state index contributed by atoms with van der Waals surface area (Å²) in [6, 6.07) is 8.88. The highest BCUT2D eigenvalue weighted by Crippen LogP contribution is 2.31. The molecule has 11 nitrogen and oxygen atoms in total. The van der Waals surface area contributed by atoms with Gasteiger partial charge in [-0.05, 0) is 24.3 Å². The highest BCUT2D eigenvalue weighted by molar-refractivity contribution is 7.89. The number of sulfonamides is 1. The molecule has 3 rings (SSSR count). The lowest BCUT2D eigenvalue weighted by molar-refractivity contribution is -0.121.